The van der Waals surface area contributed by atoms with Gasteiger partial charge >= 0.3 is 0 Å². The molecule has 0 saturated carbocycles. The van der Waals surface area contributed by atoms with E-state index in [1.807, 2.05) is 31.2 Å². The molecule has 6 nitrogen and oxygen atoms in total. The second kappa shape index (κ2) is 8.17. The average molecular weight is 375 g/mol. The number of rotatable bonds is 5. The molecule has 0 spiro atoms. The van der Waals surface area contributed by atoms with Crippen LogP contribution in [0.2, 0.25) is 0 Å². The van der Waals surface area contributed by atoms with Gasteiger partial charge in [-0.25, -0.2) is 9.97 Å². The van der Waals surface area contributed by atoms with Gasteiger partial charge in [-0.2, -0.15) is 0 Å². The Balaban J connectivity index is 1.71. The van der Waals surface area contributed by atoms with Gasteiger partial charge in [0.25, 0.3) is 5.91 Å². The highest BCUT2D eigenvalue weighted by Crippen LogP contribution is 2.24. The SMILES string of the molecule is Cc1cc(C(=O)NCc2ccncc2)nc(Nc2ccc(C(C)(C)C)cc2)n1. The predicted molar refractivity (Wildman–Crippen MR) is 111 cm³/mol. The minimum Gasteiger partial charge on any atom is -0.347 e. The molecule has 2 aromatic heterocycles. The van der Waals surface area contributed by atoms with Crippen LogP contribution in [0.3, 0.4) is 0 Å². The summed E-state index contributed by atoms with van der Waals surface area (Å²) in [6.45, 7) is 8.79. The molecule has 0 saturated heterocycles. The number of aryl methyl sites for hydroxylation is 1. The molecule has 144 valence electrons. The summed E-state index contributed by atoms with van der Waals surface area (Å²) in [6.07, 6.45) is 3.40. The first-order chi connectivity index (χ1) is 13.3. The number of hydrogen-bond donors (Lipinski definition) is 2. The summed E-state index contributed by atoms with van der Waals surface area (Å²) in [4.78, 5) is 25.2. The zero-order valence-corrected chi connectivity index (χ0v) is 16.7. The van der Waals surface area contributed by atoms with Gasteiger partial charge in [-0.05, 0) is 53.8 Å². The highest BCUT2D eigenvalue weighted by molar-refractivity contribution is 5.92. The Labute approximate surface area is 165 Å². The van der Waals surface area contributed by atoms with Crippen molar-refractivity contribution in [2.24, 2.45) is 0 Å². The predicted octanol–water partition coefficient (Wildman–Crippen LogP) is 4.15. The first kappa shape index (κ1) is 19.5. The number of carbonyl (C=O) groups excluding carboxylic acids is 1. The van der Waals surface area contributed by atoms with Crippen LogP contribution in [-0.2, 0) is 12.0 Å². The van der Waals surface area contributed by atoms with Crippen LogP contribution in [-0.4, -0.2) is 20.9 Å². The van der Waals surface area contributed by atoms with Crippen LogP contribution in [0.5, 0.6) is 0 Å². The van der Waals surface area contributed by atoms with Gasteiger partial charge in [0.1, 0.15) is 5.69 Å². The fourth-order valence-corrected chi connectivity index (χ4v) is 2.70. The molecule has 0 aliphatic rings. The summed E-state index contributed by atoms with van der Waals surface area (Å²) in [6, 6.07) is 13.6. The first-order valence-corrected chi connectivity index (χ1v) is 9.21. The molecule has 0 fully saturated rings. The highest BCUT2D eigenvalue weighted by atomic mass is 16.1. The standard InChI is InChI=1S/C22H25N5O/c1-15-13-19(20(28)24-14-16-9-11-23-12-10-16)27-21(25-15)26-18-7-5-17(6-8-18)22(2,3)4/h5-13H,14H2,1-4H3,(H,24,28)(H,25,26,27). The Bertz CT molecular complexity index is 947. The summed E-state index contributed by atoms with van der Waals surface area (Å²) < 4.78 is 0. The lowest BCUT2D eigenvalue weighted by Gasteiger charge is -2.19. The van der Waals surface area contributed by atoms with Crippen LogP contribution < -0.4 is 10.6 Å². The number of aromatic nitrogens is 3. The summed E-state index contributed by atoms with van der Waals surface area (Å²) in [5.41, 5.74) is 4.25. The lowest BCUT2D eigenvalue weighted by Crippen LogP contribution is -2.24. The van der Waals surface area contributed by atoms with Gasteiger partial charge in [0.15, 0.2) is 0 Å². The Morgan fingerprint density at radius 1 is 1.00 bits per heavy atom. The number of carbonyl (C=O) groups is 1. The molecule has 0 atom stereocenters. The molecule has 1 aromatic carbocycles. The van der Waals surface area contributed by atoms with E-state index in [-0.39, 0.29) is 11.3 Å². The second-order valence-electron chi connectivity index (χ2n) is 7.71. The second-order valence-corrected chi connectivity index (χ2v) is 7.71. The summed E-state index contributed by atoms with van der Waals surface area (Å²) >= 11 is 0. The average Bonchev–Trinajstić information content (AvgIpc) is 2.66. The Morgan fingerprint density at radius 3 is 2.32 bits per heavy atom. The molecular weight excluding hydrogens is 350 g/mol. The Kier molecular flexibility index (Phi) is 5.68. The Morgan fingerprint density at radius 2 is 1.68 bits per heavy atom. The molecular formula is C22H25N5O. The maximum atomic E-state index is 12.5. The van der Waals surface area contributed by atoms with Crippen LogP contribution in [0.4, 0.5) is 11.6 Å². The van der Waals surface area contributed by atoms with Gasteiger partial charge in [0, 0.05) is 30.3 Å². The molecule has 3 aromatic rings. The number of amides is 1. The van der Waals surface area contributed by atoms with Crippen molar-refractivity contribution in [1.29, 1.82) is 0 Å². The molecule has 0 aliphatic carbocycles. The molecule has 0 aliphatic heterocycles. The van der Waals surface area contributed by atoms with Crippen molar-refractivity contribution in [2.75, 3.05) is 5.32 Å². The van der Waals surface area contributed by atoms with Crippen molar-refractivity contribution in [3.05, 3.63) is 77.4 Å². The molecule has 2 N–H and O–H groups in total. The van der Waals surface area contributed by atoms with Crippen molar-refractivity contribution < 1.29 is 4.79 Å². The summed E-state index contributed by atoms with van der Waals surface area (Å²) in [7, 11) is 0. The van der Waals surface area contributed by atoms with E-state index in [0.717, 1.165) is 16.9 Å². The largest absolute Gasteiger partial charge is 0.347 e. The fraction of sp³-hybridized carbons (Fsp3) is 0.273. The van der Waals surface area contributed by atoms with Crippen LogP contribution in [0.15, 0.2) is 54.9 Å². The molecule has 3 rings (SSSR count). The molecule has 0 radical (unpaired) electrons. The topological polar surface area (TPSA) is 79.8 Å². The van der Waals surface area contributed by atoms with E-state index in [0.29, 0.717) is 18.2 Å². The van der Waals surface area contributed by atoms with Crippen LogP contribution >= 0.6 is 0 Å². The van der Waals surface area contributed by atoms with E-state index in [4.69, 9.17) is 0 Å². The van der Waals surface area contributed by atoms with Gasteiger partial charge < -0.3 is 10.6 Å². The molecule has 1 amide bonds. The lowest BCUT2D eigenvalue weighted by molar-refractivity contribution is 0.0945. The highest BCUT2D eigenvalue weighted by Gasteiger charge is 2.14. The van der Waals surface area contributed by atoms with Crippen molar-refractivity contribution in [3.8, 4) is 0 Å². The van der Waals surface area contributed by atoms with E-state index in [2.05, 4.69) is 58.5 Å². The quantitative estimate of drug-likeness (QED) is 0.700. The smallest absolute Gasteiger partial charge is 0.270 e. The number of hydrogen-bond acceptors (Lipinski definition) is 5. The van der Waals surface area contributed by atoms with E-state index in [1.165, 1.54) is 5.56 Å². The van der Waals surface area contributed by atoms with Gasteiger partial charge in [0.05, 0.1) is 0 Å². The van der Waals surface area contributed by atoms with Gasteiger partial charge in [-0.15, -0.1) is 0 Å². The molecule has 0 unspecified atom stereocenters. The minimum absolute atomic E-state index is 0.0957. The number of anilines is 2. The van der Waals surface area contributed by atoms with E-state index in [9.17, 15) is 4.79 Å². The van der Waals surface area contributed by atoms with Crippen molar-refractivity contribution in [1.82, 2.24) is 20.3 Å². The molecule has 28 heavy (non-hydrogen) atoms. The third kappa shape index (κ3) is 5.13. The first-order valence-electron chi connectivity index (χ1n) is 9.21. The third-order valence-corrected chi connectivity index (χ3v) is 4.30. The normalized spacial score (nSPS) is 11.1. The number of benzene rings is 1. The molecule has 2 heterocycles. The van der Waals surface area contributed by atoms with E-state index in [1.54, 1.807) is 18.5 Å². The number of nitrogens with one attached hydrogen (secondary N) is 2. The van der Waals surface area contributed by atoms with Gasteiger partial charge in [-0.3, -0.25) is 9.78 Å². The van der Waals surface area contributed by atoms with Crippen LogP contribution in [0.25, 0.3) is 0 Å². The maximum Gasteiger partial charge on any atom is 0.270 e. The van der Waals surface area contributed by atoms with Gasteiger partial charge in [0.2, 0.25) is 5.95 Å². The van der Waals surface area contributed by atoms with Crippen molar-refractivity contribution in [2.45, 2.75) is 39.7 Å². The van der Waals surface area contributed by atoms with Crippen LogP contribution in [0.1, 0.15) is 48.1 Å². The van der Waals surface area contributed by atoms with Crippen molar-refractivity contribution >= 4 is 17.5 Å². The van der Waals surface area contributed by atoms with Crippen molar-refractivity contribution in [3.63, 3.8) is 0 Å². The monoisotopic (exact) mass is 375 g/mol. The number of nitrogens with zero attached hydrogens (tertiary/aromatic N) is 3. The van der Waals surface area contributed by atoms with E-state index >= 15 is 0 Å². The molecule has 0 bridgehead atoms. The maximum absolute atomic E-state index is 12.5. The number of pyridine rings is 1. The Hall–Kier alpha value is -3.28. The zero-order chi connectivity index (χ0) is 20.1. The third-order valence-electron chi connectivity index (χ3n) is 4.30. The van der Waals surface area contributed by atoms with Crippen LogP contribution in [0, 0.1) is 6.92 Å². The summed E-state index contributed by atoms with van der Waals surface area (Å²) in [5.74, 6) is 0.158. The fourth-order valence-electron chi connectivity index (χ4n) is 2.70. The minimum atomic E-state index is -0.242. The van der Waals surface area contributed by atoms with Gasteiger partial charge in [-0.1, -0.05) is 32.9 Å². The lowest BCUT2D eigenvalue weighted by atomic mass is 9.87. The molecule has 6 heteroatoms. The van der Waals surface area contributed by atoms with E-state index < -0.39 is 0 Å². The zero-order valence-electron chi connectivity index (χ0n) is 16.7. The summed E-state index contributed by atoms with van der Waals surface area (Å²) in [5, 5.41) is 6.05.